The van der Waals surface area contributed by atoms with Crippen LogP contribution in [-0.2, 0) is 12.6 Å². The van der Waals surface area contributed by atoms with Crippen molar-refractivity contribution in [1.29, 1.82) is 0 Å². The second-order valence-corrected chi connectivity index (χ2v) is 5.67. The Bertz CT molecular complexity index is 414. The fourth-order valence-corrected chi connectivity index (χ4v) is 3.41. The molecule has 16 heavy (non-hydrogen) atoms. The summed E-state index contributed by atoms with van der Waals surface area (Å²) in [5, 5.41) is 4.99. The van der Waals surface area contributed by atoms with E-state index < -0.39 is 0 Å². The van der Waals surface area contributed by atoms with Gasteiger partial charge in [-0.3, -0.25) is 4.68 Å². The number of aryl methyl sites for hydroxylation is 1. The van der Waals surface area contributed by atoms with E-state index in [-0.39, 0.29) is 5.54 Å². The Labute approximate surface area is 101 Å². The minimum absolute atomic E-state index is 0.163. The van der Waals surface area contributed by atoms with Gasteiger partial charge in [-0.15, -0.1) is 0 Å². The number of hydrogen-bond donors (Lipinski definition) is 1. The van der Waals surface area contributed by atoms with E-state index in [1.807, 2.05) is 11.7 Å². The average Bonchev–Trinajstić information content (AvgIpc) is 2.67. The van der Waals surface area contributed by atoms with Crippen LogP contribution in [0.3, 0.4) is 0 Å². The Hall–Kier alpha value is -0.540. The van der Waals surface area contributed by atoms with Crippen molar-refractivity contribution in [3.05, 3.63) is 16.4 Å². The lowest BCUT2D eigenvalue weighted by atomic mass is 9.95. The Morgan fingerprint density at radius 2 is 2.00 bits per heavy atom. The summed E-state index contributed by atoms with van der Waals surface area (Å²) in [7, 11) is 1.99. The van der Waals surface area contributed by atoms with Gasteiger partial charge in [0, 0.05) is 29.8 Å². The maximum atomic E-state index is 6.31. The fraction of sp³-hybridized carbons (Fsp3) is 0.750. The summed E-state index contributed by atoms with van der Waals surface area (Å²) < 4.78 is 1.96. The summed E-state index contributed by atoms with van der Waals surface area (Å²) in [6.45, 7) is 0. The van der Waals surface area contributed by atoms with Gasteiger partial charge < -0.3 is 5.73 Å². The third-order valence-corrected chi connectivity index (χ3v) is 4.34. The van der Waals surface area contributed by atoms with E-state index in [1.165, 1.54) is 31.4 Å². The Kier molecular flexibility index (Phi) is 2.30. The second kappa shape index (κ2) is 3.47. The van der Waals surface area contributed by atoms with Gasteiger partial charge in [-0.2, -0.15) is 5.10 Å². The van der Waals surface area contributed by atoms with Crippen LogP contribution in [0.2, 0.25) is 5.15 Å². The molecule has 0 unspecified atom stereocenters. The summed E-state index contributed by atoms with van der Waals surface area (Å²) >= 11 is 6.24. The van der Waals surface area contributed by atoms with Crippen LogP contribution in [0.5, 0.6) is 0 Å². The summed E-state index contributed by atoms with van der Waals surface area (Å²) in [5.41, 5.74) is 8.60. The number of nitrogens with two attached hydrogens (primary N) is 1. The number of rotatable bonds is 2. The minimum Gasteiger partial charge on any atom is -0.321 e. The summed E-state index contributed by atoms with van der Waals surface area (Å²) in [5.74, 6) is 0.626. The maximum Gasteiger partial charge on any atom is 0.156 e. The van der Waals surface area contributed by atoms with Crippen molar-refractivity contribution in [2.45, 2.75) is 50.0 Å². The highest BCUT2D eigenvalue weighted by Gasteiger charge is 2.46. The van der Waals surface area contributed by atoms with E-state index in [0.717, 1.165) is 18.4 Å². The molecule has 0 aliphatic heterocycles. The molecule has 0 aromatic carbocycles. The molecule has 1 aromatic heterocycles. The summed E-state index contributed by atoms with van der Waals surface area (Å²) in [6, 6.07) is 0. The molecular weight excluding hydrogens is 222 g/mol. The number of halogens is 1. The molecule has 0 spiro atoms. The van der Waals surface area contributed by atoms with Crippen molar-refractivity contribution in [3.63, 3.8) is 0 Å². The quantitative estimate of drug-likeness (QED) is 0.863. The van der Waals surface area contributed by atoms with Crippen LogP contribution in [-0.4, -0.2) is 9.78 Å². The molecule has 2 fully saturated rings. The normalized spacial score (nSPS) is 23.9. The Morgan fingerprint density at radius 3 is 2.56 bits per heavy atom. The van der Waals surface area contributed by atoms with Crippen molar-refractivity contribution in [3.8, 4) is 0 Å². The van der Waals surface area contributed by atoms with Crippen LogP contribution < -0.4 is 5.73 Å². The SMILES string of the molecule is Cn1nc(Cl)c(C2(N)CC2)c1C1CCCC1. The molecule has 2 aliphatic carbocycles. The fourth-order valence-electron chi connectivity index (χ4n) is 3.02. The first-order chi connectivity index (χ1) is 7.62. The standard InChI is InChI=1S/C12H18ClN3/c1-16-10(8-4-2-3-5-8)9(11(13)15-16)12(14)6-7-12/h8H,2-7,14H2,1H3. The highest BCUT2D eigenvalue weighted by molar-refractivity contribution is 6.30. The number of aromatic nitrogens is 2. The molecule has 0 saturated heterocycles. The molecule has 0 bridgehead atoms. The minimum atomic E-state index is -0.163. The second-order valence-electron chi connectivity index (χ2n) is 5.31. The van der Waals surface area contributed by atoms with E-state index >= 15 is 0 Å². The topological polar surface area (TPSA) is 43.8 Å². The lowest BCUT2D eigenvalue weighted by Crippen LogP contribution is -2.21. The van der Waals surface area contributed by atoms with Gasteiger partial charge in [0.25, 0.3) is 0 Å². The van der Waals surface area contributed by atoms with Gasteiger partial charge >= 0.3 is 0 Å². The molecule has 2 aliphatic rings. The van der Waals surface area contributed by atoms with Crippen LogP contribution >= 0.6 is 11.6 Å². The van der Waals surface area contributed by atoms with Crippen LogP contribution in [0.25, 0.3) is 0 Å². The lowest BCUT2D eigenvalue weighted by molar-refractivity contribution is 0.597. The molecule has 2 saturated carbocycles. The first-order valence-electron chi connectivity index (χ1n) is 6.13. The highest BCUT2D eigenvalue weighted by Crippen LogP contribution is 2.50. The summed E-state index contributed by atoms with van der Waals surface area (Å²) in [4.78, 5) is 0. The van der Waals surface area contributed by atoms with Gasteiger partial charge in [0.15, 0.2) is 5.15 Å². The predicted molar refractivity (Wildman–Crippen MR) is 64.5 cm³/mol. The molecule has 2 N–H and O–H groups in total. The average molecular weight is 240 g/mol. The Balaban J connectivity index is 2.07. The smallest absolute Gasteiger partial charge is 0.156 e. The molecule has 0 atom stereocenters. The van der Waals surface area contributed by atoms with Crippen LogP contribution in [0.15, 0.2) is 0 Å². The van der Waals surface area contributed by atoms with E-state index in [4.69, 9.17) is 17.3 Å². The molecule has 88 valence electrons. The zero-order chi connectivity index (χ0) is 11.3. The van der Waals surface area contributed by atoms with Gasteiger partial charge in [0.2, 0.25) is 0 Å². The molecule has 0 amide bonds. The van der Waals surface area contributed by atoms with E-state index in [2.05, 4.69) is 5.10 Å². The third-order valence-electron chi connectivity index (χ3n) is 4.08. The molecule has 4 heteroatoms. The monoisotopic (exact) mass is 239 g/mol. The first-order valence-corrected chi connectivity index (χ1v) is 6.51. The molecule has 1 heterocycles. The van der Waals surface area contributed by atoms with Crippen molar-refractivity contribution in [2.24, 2.45) is 12.8 Å². The summed E-state index contributed by atoms with van der Waals surface area (Å²) in [6.07, 6.45) is 7.28. The van der Waals surface area contributed by atoms with Gasteiger partial charge in [-0.1, -0.05) is 24.4 Å². The van der Waals surface area contributed by atoms with Gasteiger partial charge in [0.05, 0.1) is 0 Å². The van der Waals surface area contributed by atoms with E-state index in [1.54, 1.807) is 0 Å². The van der Waals surface area contributed by atoms with Crippen LogP contribution in [0, 0.1) is 0 Å². The number of hydrogen-bond acceptors (Lipinski definition) is 2. The largest absolute Gasteiger partial charge is 0.321 e. The van der Waals surface area contributed by atoms with Gasteiger partial charge in [0.1, 0.15) is 0 Å². The van der Waals surface area contributed by atoms with Crippen molar-refractivity contribution in [1.82, 2.24) is 9.78 Å². The molecule has 0 radical (unpaired) electrons. The zero-order valence-electron chi connectivity index (χ0n) is 9.67. The first kappa shape index (κ1) is 10.6. The van der Waals surface area contributed by atoms with Crippen molar-refractivity contribution >= 4 is 11.6 Å². The van der Waals surface area contributed by atoms with Crippen LogP contribution in [0.4, 0.5) is 0 Å². The van der Waals surface area contributed by atoms with E-state index in [9.17, 15) is 0 Å². The molecule has 3 nitrogen and oxygen atoms in total. The Morgan fingerprint density at radius 1 is 1.38 bits per heavy atom. The maximum absolute atomic E-state index is 6.31. The van der Waals surface area contributed by atoms with Gasteiger partial charge in [-0.05, 0) is 25.7 Å². The van der Waals surface area contributed by atoms with Crippen molar-refractivity contribution < 1.29 is 0 Å². The predicted octanol–water partition coefficient (Wildman–Crippen LogP) is 2.68. The number of nitrogens with zero attached hydrogens (tertiary/aromatic N) is 2. The van der Waals surface area contributed by atoms with Crippen LogP contribution in [0.1, 0.15) is 55.7 Å². The molecular formula is C12H18ClN3. The zero-order valence-corrected chi connectivity index (χ0v) is 10.4. The third kappa shape index (κ3) is 1.49. The van der Waals surface area contributed by atoms with E-state index in [0.29, 0.717) is 11.1 Å². The van der Waals surface area contributed by atoms with Crippen molar-refractivity contribution in [2.75, 3.05) is 0 Å². The molecule has 3 rings (SSSR count). The highest BCUT2D eigenvalue weighted by atomic mass is 35.5. The lowest BCUT2D eigenvalue weighted by Gasteiger charge is -2.16. The molecule has 1 aromatic rings. The van der Waals surface area contributed by atoms with Gasteiger partial charge in [-0.25, -0.2) is 0 Å².